The quantitative estimate of drug-likeness (QED) is 0.168. The first-order chi connectivity index (χ1) is 26.0. The van der Waals surface area contributed by atoms with Crippen LogP contribution in [0, 0.1) is 11.6 Å². The number of hydrogen-bond donors (Lipinski definition) is 2. The number of piperidine rings is 2. The second kappa shape index (κ2) is 15.2. The molecule has 9 nitrogen and oxygen atoms in total. The van der Waals surface area contributed by atoms with Crippen molar-refractivity contribution < 1.29 is 13.6 Å². The number of imidazole rings is 1. The number of carbonyl (C=O) groups excluding carboxylic acids is 1. The van der Waals surface area contributed by atoms with E-state index in [2.05, 4.69) is 50.5 Å². The van der Waals surface area contributed by atoms with Crippen LogP contribution in [0.3, 0.4) is 0 Å². The van der Waals surface area contributed by atoms with Crippen LogP contribution in [0.5, 0.6) is 0 Å². The molecule has 0 saturated carbocycles. The van der Waals surface area contributed by atoms with E-state index < -0.39 is 23.2 Å². The summed E-state index contributed by atoms with van der Waals surface area (Å²) in [6.45, 7) is 7.35. The number of hydrogen-bond acceptors (Lipinski definition) is 7. The number of carbonyl (C=O) groups is 1. The molecule has 2 aromatic heterocycles. The maximum absolute atomic E-state index is 14.4. The van der Waals surface area contributed by atoms with E-state index in [1.54, 1.807) is 24.4 Å². The third-order valence-corrected chi connectivity index (χ3v) is 10.7. The Hall–Kier alpha value is -5.55. The van der Waals surface area contributed by atoms with Crippen molar-refractivity contribution >= 4 is 40.4 Å². The van der Waals surface area contributed by atoms with Gasteiger partial charge in [0, 0.05) is 60.6 Å². The number of nitrogens with zero attached hydrogens (tertiary/aromatic N) is 6. The third kappa shape index (κ3) is 7.13. The van der Waals surface area contributed by atoms with Gasteiger partial charge in [0.1, 0.15) is 34.5 Å². The molecule has 11 heteroatoms. The van der Waals surface area contributed by atoms with E-state index >= 15 is 0 Å². The minimum Gasteiger partial charge on any atom is -0.371 e. The highest BCUT2D eigenvalue weighted by Gasteiger charge is 2.28. The molecule has 53 heavy (non-hydrogen) atoms. The van der Waals surface area contributed by atoms with E-state index in [-0.39, 0.29) is 5.56 Å². The molecule has 0 radical (unpaired) electrons. The lowest BCUT2D eigenvalue weighted by atomic mass is 9.99. The molecule has 8 rings (SSSR count). The maximum atomic E-state index is 14.4. The van der Waals surface area contributed by atoms with Crippen LogP contribution in [-0.2, 0) is 6.42 Å². The van der Waals surface area contributed by atoms with Gasteiger partial charge in [0.25, 0.3) is 5.91 Å². The number of nitrogens with one attached hydrogen (secondary N) is 2. The van der Waals surface area contributed by atoms with Crippen LogP contribution in [-0.4, -0.2) is 64.9 Å². The summed E-state index contributed by atoms with van der Waals surface area (Å²) in [6, 6.07) is 23.6. The predicted molar refractivity (Wildman–Crippen MR) is 209 cm³/mol. The summed E-state index contributed by atoms with van der Waals surface area (Å²) in [5.41, 5.74) is 5.24. The van der Waals surface area contributed by atoms with E-state index in [1.165, 1.54) is 62.5 Å². The molecule has 3 aromatic carbocycles. The summed E-state index contributed by atoms with van der Waals surface area (Å²) < 4.78 is 30.7. The fraction of sp³-hybridized carbons (Fsp3) is 0.310. The lowest BCUT2D eigenvalue weighted by Gasteiger charge is -2.41. The van der Waals surface area contributed by atoms with E-state index in [9.17, 15) is 13.6 Å². The molecule has 1 amide bonds. The van der Waals surface area contributed by atoms with Crippen LogP contribution in [0.25, 0.3) is 16.9 Å². The van der Waals surface area contributed by atoms with Gasteiger partial charge >= 0.3 is 0 Å². The molecular weight excluding hydrogens is 671 g/mol. The normalized spacial score (nSPS) is 16.9. The van der Waals surface area contributed by atoms with Crippen LogP contribution in [0.1, 0.15) is 54.9 Å². The summed E-state index contributed by atoms with van der Waals surface area (Å²) in [6.07, 6.45) is 13.1. The van der Waals surface area contributed by atoms with Crippen molar-refractivity contribution in [1.29, 1.82) is 0 Å². The largest absolute Gasteiger partial charge is 0.371 e. The van der Waals surface area contributed by atoms with Gasteiger partial charge in [0.2, 0.25) is 5.96 Å². The Morgan fingerprint density at radius 2 is 1.68 bits per heavy atom. The first kappa shape index (κ1) is 34.5. The van der Waals surface area contributed by atoms with Crippen LogP contribution in [0.4, 0.5) is 31.7 Å². The molecule has 0 aliphatic carbocycles. The second-order valence-electron chi connectivity index (χ2n) is 13.9. The molecule has 5 aromatic rings. The Balaban J connectivity index is 1.06. The highest BCUT2D eigenvalue weighted by atomic mass is 19.1. The predicted octanol–water partition coefficient (Wildman–Crippen LogP) is 8.35. The Kier molecular flexibility index (Phi) is 9.90. The first-order valence-corrected chi connectivity index (χ1v) is 18.7. The summed E-state index contributed by atoms with van der Waals surface area (Å²) in [4.78, 5) is 30.4. The standard InChI is InChI=1S/C42H44F2N8O/c1-2-29-28-33(50-25-18-32(19-26-50)49-21-5-3-6-22-49)16-17-36(29)46-42-45-20-10-24-52(42)41-38(47-37-15-4-7-23-51(37)41)30-11-8-12-31(27-30)40(53)48-39-34(43)13-9-14-35(39)44/h4,7-17,20,23,27-28,32H,2-3,5-6,18-19,21-22,24-26H2,1H3,(H,45,46)(H,48,53). The van der Waals surface area contributed by atoms with Crippen molar-refractivity contribution in [2.45, 2.75) is 51.5 Å². The molecule has 5 heterocycles. The number of aliphatic imine (C=N–C) groups is 1. The molecule has 0 unspecified atom stereocenters. The summed E-state index contributed by atoms with van der Waals surface area (Å²) >= 11 is 0. The number of likely N-dealkylation sites (tertiary alicyclic amines) is 1. The third-order valence-electron chi connectivity index (χ3n) is 10.7. The molecule has 0 bridgehead atoms. The van der Waals surface area contributed by atoms with Gasteiger partial charge in [-0.3, -0.25) is 14.1 Å². The Bertz CT molecular complexity index is 2160. The van der Waals surface area contributed by atoms with E-state index in [1.807, 2.05) is 40.9 Å². The number of pyridine rings is 1. The number of benzene rings is 3. The highest BCUT2D eigenvalue weighted by molar-refractivity contribution is 6.09. The summed E-state index contributed by atoms with van der Waals surface area (Å²) in [7, 11) is 0. The molecule has 272 valence electrons. The number of aryl methyl sites for hydroxylation is 1. The zero-order chi connectivity index (χ0) is 36.3. The van der Waals surface area contributed by atoms with Gasteiger partial charge in [-0.25, -0.2) is 18.8 Å². The minimum absolute atomic E-state index is 0.238. The topological polar surface area (TPSA) is 80.5 Å². The molecule has 3 aliphatic heterocycles. The molecule has 2 saturated heterocycles. The molecule has 2 fully saturated rings. The smallest absolute Gasteiger partial charge is 0.255 e. The first-order valence-electron chi connectivity index (χ1n) is 18.7. The van der Waals surface area contributed by atoms with Crippen molar-refractivity contribution in [2.24, 2.45) is 4.99 Å². The van der Waals surface area contributed by atoms with Gasteiger partial charge < -0.3 is 20.4 Å². The van der Waals surface area contributed by atoms with Crippen LogP contribution in [0.15, 0.2) is 102 Å². The maximum Gasteiger partial charge on any atom is 0.255 e. The van der Waals surface area contributed by atoms with Crippen molar-refractivity contribution in [2.75, 3.05) is 53.2 Å². The van der Waals surface area contributed by atoms with Gasteiger partial charge in [-0.05, 0) is 111 Å². The zero-order valence-electron chi connectivity index (χ0n) is 29.9. The Morgan fingerprint density at radius 1 is 0.887 bits per heavy atom. The van der Waals surface area contributed by atoms with Gasteiger partial charge in [-0.1, -0.05) is 37.6 Å². The van der Waals surface area contributed by atoms with Gasteiger partial charge in [0.15, 0.2) is 0 Å². The van der Waals surface area contributed by atoms with Crippen molar-refractivity contribution in [3.63, 3.8) is 0 Å². The summed E-state index contributed by atoms with van der Waals surface area (Å²) in [5.74, 6) is -0.909. The van der Waals surface area contributed by atoms with Gasteiger partial charge in [-0.2, -0.15) is 0 Å². The van der Waals surface area contributed by atoms with E-state index in [0.29, 0.717) is 29.8 Å². The van der Waals surface area contributed by atoms with E-state index in [0.717, 1.165) is 48.8 Å². The average Bonchev–Trinajstić information content (AvgIpc) is 3.60. The Labute approximate surface area is 308 Å². The van der Waals surface area contributed by atoms with Gasteiger partial charge in [-0.15, -0.1) is 0 Å². The molecule has 3 aliphatic rings. The molecule has 0 spiro atoms. The van der Waals surface area contributed by atoms with Crippen LogP contribution >= 0.6 is 0 Å². The number of halogens is 2. The van der Waals surface area contributed by atoms with Crippen molar-refractivity contribution in [3.05, 3.63) is 120 Å². The number of fused-ring (bicyclic) bond motifs is 1. The zero-order valence-corrected chi connectivity index (χ0v) is 29.9. The van der Waals surface area contributed by atoms with Crippen LogP contribution in [0.2, 0.25) is 0 Å². The lowest BCUT2D eigenvalue weighted by molar-refractivity contribution is 0.102. The number of aromatic nitrogens is 2. The van der Waals surface area contributed by atoms with Crippen molar-refractivity contribution in [1.82, 2.24) is 14.3 Å². The fourth-order valence-electron chi connectivity index (χ4n) is 7.85. The number of amides is 1. The minimum atomic E-state index is -0.844. The molecular formula is C42H44F2N8O. The number of anilines is 4. The van der Waals surface area contributed by atoms with Crippen molar-refractivity contribution in [3.8, 4) is 11.3 Å². The second-order valence-corrected chi connectivity index (χ2v) is 13.9. The molecule has 0 atom stereocenters. The number of para-hydroxylation sites is 1. The highest BCUT2D eigenvalue weighted by Crippen LogP contribution is 2.35. The monoisotopic (exact) mass is 714 g/mol. The fourth-order valence-corrected chi connectivity index (χ4v) is 7.85. The number of guanidine groups is 1. The Morgan fingerprint density at radius 3 is 2.47 bits per heavy atom. The van der Waals surface area contributed by atoms with Crippen LogP contribution < -0.4 is 20.4 Å². The van der Waals surface area contributed by atoms with Gasteiger partial charge in [0.05, 0.1) is 0 Å². The number of rotatable bonds is 8. The molecule has 2 N–H and O–H groups in total. The lowest BCUT2D eigenvalue weighted by Crippen LogP contribution is -2.46. The van der Waals surface area contributed by atoms with E-state index in [4.69, 9.17) is 9.98 Å². The SMILES string of the molecule is CCc1cc(N2CCC(N3CCCCC3)CC2)ccc1NC1=NC=CCN1c1c(-c2cccc(C(=O)Nc3c(F)cccc3F)c2)nc2ccccn12. The summed E-state index contributed by atoms with van der Waals surface area (Å²) in [5, 5.41) is 6.05. The average molecular weight is 715 g/mol.